The van der Waals surface area contributed by atoms with Crippen LogP contribution < -0.4 is 5.32 Å². The van der Waals surface area contributed by atoms with Crippen molar-refractivity contribution >= 4 is 27.8 Å². The van der Waals surface area contributed by atoms with Gasteiger partial charge in [-0.1, -0.05) is 35.0 Å². The molecule has 0 bridgehead atoms. The number of hydrogen-bond acceptors (Lipinski definition) is 3. The van der Waals surface area contributed by atoms with Crippen molar-refractivity contribution in [1.29, 1.82) is 0 Å². The Labute approximate surface area is 126 Å². The van der Waals surface area contributed by atoms with Gasteiger partial charge < -0.3 is 15.2 Å². The average molecular weight is 344 g/mol. The van der Waals surface area contributed by atoms with Crippen molar-refractivity contribution in [1.82, 2.24) is 5.32 Å². The van der Waals surface area contributed by atoms with Crippen molar-refractivity contribution in [3.63, 3.8) is 0 Å². The molecule has 0 saturated carbocycles. The van der Waals surface area contributed by atoms with Crippen LogP contribution in [0.5, 0.6) is 0 Å². The molecule has 1 aromatic carbocycles. The number of carboxylic acids is 1. The van der Waals surface area contributed by atoms with Gasteiger partial charge in [0.25, 0.3) is 0 Å². The Balaban J connectivity index is 2.69. The van der Waals surface area contributed by atoms with E-state index >= 15 is 0 Å². The smallest absolute Gasteiger partial charge is 0.305 e. The third kappa shape index (κ3) is 6.16. The lowest BCUT2D eigenvalue weighted by molar-refractivity contribution is -0.138. The molecule has 1 aromatic rings. The van der Waals surface area contributed by atoms with Crippen LogP contribution in [-0.2, 0) is 14.3 Å². The molecule has 0 radical (unpaired) electrons. The fraction of sp³-hybridized carbons (Fsp3) is 0.429. The Kier molecular flexibility index (Phi) is 7.25. The lowest BCUT2D eigenvalue weighted by Gasteiger charge is -2.17. The number of carboxylic acid groups (broad SMARTS) is 1. The summed E-state index contributed by atoms with van der Waals surface area (Å²) in [5.41, 5.74) is 0.741. The summed E-state index contributed by atoms with van der Waals surface area (Å²) in [7, 11) is 0. The Bertz CT molecular complexity index is 464. The van der Waals surface area contributed by atoms with E-state index in [-0.39, 0.29) is 18.9 Å². The summed E-state index contributed by atoms with van der Waals surface area (Å²) in [6.45, 7) is 2.40. The van der Waals surface area contributed by atoms with Crippen LogP contribution in [0.3, 0.4) is 0 Å². The van der Waals surface area contributed by atoms with Gasteiger partial charge in [0, 0.05) is 11.1 Å². The zero-order valence-corrected chi connectivity index (χ0v) is 12.9. The first-order chi connectivity index (χ1) is 9.52. The van der Waals surface area contributed by atoms with Crippen LogP contribution in [0.4, 0.5) is 0 Å². The van der Waals surface area contributed by atoms with Crippen molar-refractivity contribution in [3.05, 3.63) is 34.3 Å². The number of amides is 1. The van der Waals surface area contributed by atoms with Gasteiger partial charge in [-0.25, -0.2) is 0 Å². The molecule has 0 aliphatic carbocycles. The van der Waals surface area contributed by atoms with Gasteiger partial charge in [0.05, 0.1) is 12.5 Å². The lowest BCUT2D eigenvalue weighted by atomic mass is 10.0. The van der Waals surface area contributed by atoms with Gasteiger partial charge in [-0.3, -0.25) is 9.59 Å². The van der Waals surface area contributed by atoms with Crippen molar-refractivity contribution in [2.75, 3.05) is 13.2 Å². The number of nitrogens with one attached hydrogen (secondary N) is 1. The number of rotatable bonds is 8. The largest absolute Gasteiger partial charge is 0.481 e. The monoisotopic (exact) mass is 343 g/mol. The van der Waals surface area contributed by atoms with Gasteiger partial charge >= 0.3 is 5.97 Å². The average Bonchev–Trinajstić information content (AvgIpc) is 2.38. The molecule has 0 aliphatic heterocycles. The van der Waals surface area contributed by atoms with Crippen LogP contribution in [0.15, 0.2) is 28.7 Å². The van der Waals surface area contributed by atoms with Gasteiger partial charge in [0.2, 0.25) is 5.91 Å². The van der Waals surface area contributed by atoms with Gasteiger partial charge in [0.1, 0.15) is 6.61 Å². The second kappa shape index (κ2) is 8.71. The fourth-order valence-electron chi connectivity index (χ4n) is 1.70. The second-order valence-corrected chi connectivity index (χ2v) is 5.24. The number of ether oxygens (including phenoxy) is 1. The normalized spacial score (nSPS) is 11.9. The van der Waals surface area contributed by atoms with Crippen LogP contribution in [0, 0.1) is 0 Å². The van der Waals surface area contributed by atoms with Crippen LogP contribution >= 0.6 is 15.9 Å². The first-order valence-corrected chi connectivity index (χ1v) is 7.16. The minimum absolute atomic E-state index is 0.0576. The molecule has 0 fully saturated rings. The van der Waals surface area contributed by atoms with Crippen LogP contribution in [-0.4, -0.2) is 30.2 Å². The standard InChI is InChI=1S/C14H18BrNO4/c1-2-6-20-9-13(17)16-12(8-14(18)19)10-4-3-5-11(15)7-10/h3-5,7,12H,2,6,8-9H2,1H3,(H,16,17)(H,18,19). The van der Waals surface area contributed by atoms with E-state index in [0.717, 1.165) is 16.5 Å². The molecule has 0 saturated heterocycles. The van der Waals surface area contributed by atoms with Crippen LogP contribution in [0.1, 0.15) is 31.4 Å². The van der Waals surface area contributed by atoms with Crippen LogP contribution in [0.2, 0.25) is 0 Å². The summed E-state index contributed by atoms with van der Waals surface area (Å²) in [4.78, 5) is 22.6. The molecule has 0 aliphatic rings. The molecule has 6 heteroatoms. The minimum Gasteiger partial charge on any atom is -0.481 e. The molecule has 0 aromatic heterocycles. The maximum absolute atomic E-state index is 11.7. The van der Waals surface area contributed by atoms with Crippen molar-refractivity contribution in [2.24, 2.45) is 0 Å². The molecule has 1 amide bonds. The fourth-order valence-corrected chi connectivity index (χ4v) is 2.11. The summed E-state index contributed by atoms with van der Waals surface area (Å²) in [5.74, 6) is -1.28. The van der Waals surface area contributed by atoms with E-state index in [1.165, 1.54) is 0 Å². The molecule has 0 heterocycles. The number of halogens is 1. The Hall–Kier alpha value is -1.40. The molecule has 110 valence electrons. The van der Waals surface area contributed by atoms with Gasteiger partial charge in [0.15, 0.2) is 0 Å². The molecule has 5 nitrogen and oxygen atoms in total. The predicted octanol–water partition coefficient (Wildman–Crippen LogP) is 2.51. The molecule has 20 heavy (non-hydrogen) atoms. The van der Waals surface area contributed by atoms with E-state index in [1.54, 1.807) is 18.2 Å². The maximum atomic E-state index is 11.7. The van der Waals surface area contributed by atoms with E-state index in [9.17, 15) is 9.59 Å². The molecule has 0 spiro atoms. The third-order valence-corrected chi connectivity index (χ3v) is 3.04. The van der Waals surface area contributed by atoms with Crippen molar-refractivity contribution < 1.29 is 19.4 Å². The molecule has 1 unspecified atom stereocenters. The first-order valence-electron chi connectivity index (χ1n) is 6.37. The minimum atomic E-state index is -0.968. The van der Waals surface area contributed by atoms with E-state index in [2.05, 4.69) is 21.2 Å². The summed E-state index contributed by atoms with van der Waals surface area (Å²) >= 11 is 3.33. The highest BCUT2D eigenvalue weighted by Crippen LogP contribution is 2.20. The topological polar surface area (TPSA) is 75.6 Å². The van der Waals surface area contributed by atoms with Gasteiger partial charge in [-0.05, 0) is 24.1 Å². The first kappa shape index (κ1) is 16.7. The molecule has 2 N–H and O–H groups in total. The Morgan fingerprint density at radius 1 is 1.45 bits per heavy atom. The summed E-state index contributed by atoms with van der Waals surface area (Å²) in [6, 6.07) is 6.65. The molecule has 1 rings (SSSR count). The lowest BCUT2D eigenvalue weighted by Crippen LogP contribution is -2.33. The van der Waals surface area contributed by atoms with Crippen LogP contribution in [0.25, 0.3) is 0 Å². The highest BCUT2D eigenvalue weighted by Gasteiger charge is 2.18. The number of carbonyl (C=O) groups is 2. The zero-order chi connectivity index (χ0) is 15.0. The summed E-state index contributed by atoms with van der Waals surface area (Å²) in [5, 5.41) is 11.6. The molecule has 1 atom stereocenters. The number of carbonyl (C=O) groups excluding carboxylic acids is 1. The van der Waals surface area contributed by atoms with Gasteiger partial charge in [-0.15, -0.1) is 0 Å². The maximum Gasteiger partial charge on any atom is 0.305 e. The number of aliphatic carboxylic acids is 1. The van der Waals surface area contributed by atoms with E-state index in [1.807, 2.05) is 13.0 Å². The Morgan fingerprint density at radius 3 is 2.80 bits per heavy atom. The van der Waals surface area contributed by atoms with Crippen molar-refractivity contribution in [3.8, 4) is 0 Å². The SMILES string of the molecule is CCCOCC(=O)NC(CC(=O)O)c1cccc(Br)c1. The number of hydrogen-bond donors (Lipinski definition) is 2. The third-order valence-electron chi connectivity index (χ3n) is 2.55. The number of benzene rings is 1. The van der Waals surface area contributed by atoms with Crippen molar-refractivity contribution in [2.45, 2.75) is 25.8 Å². The van der Waals surface area contributed by atoms with E-state index < -0.39 is 12.0 Å². The highest BCUT2D eigenvalue weighted by atomic mass is 79.9. The summed E-state index contributed by atoms with van der Waals surface area (Å²) in [6.07, 6.45) is 0.660. The van der Waals surface area contributed by atoms with E-state index in [0.29, 0.717) is 6.61 Å². The van der Waals surface area contributed by atoms with Gasteiger partial charge in [-0.2, -0.15) is 0 Å². The Morgan fingerprint density at radius 2 is 2.20 bits per heavy atom. The quantitative estimate of drug-likeness (QED) is 0.711. The highest BCUT2D eigenvalue weighted by molar-refractivity contribution is 9.10. The molecular formula is C14H18BrNO4. The summed E-state index contributed by atoms with van der Waals surface area (Å²) < 4.78 is 5.98. The predicted molar refractivity (Wildman–Crippen MR) is 78.4 cm³/mol. The molecular weight excluding hydrogens is 326 g/mol. The second-order valence-electron chi connectivity index (χ2n) is 4.33. The van der Waals surface area contributed by atoms with E-state index in [4.69, 9.17) is 9.84 Å². The zero-order valence-electron chi connectivity index (χ0n) is 11.3.